The van der Waals surface area contributed by atoms with E-state index in [-0.39, 0.29) is 11.9 Å². The summed E-state index contributed by atoms with van der Waals surface area (Å²) >= 11 is 0. The van der Waals surface area contributed by atoms with E-state index < -0.39 is 0 Å². The number of likely N-dealkylation sites (N-methyl/N-ethyl adjacent to an activating group) is 1. The number of nitrogens with one attached hydrogen (secondary N) is 1. The standard InChI is InChI=1S/C21H28N2O2/c1-17-9-7-12-19(15-17)25-14-8-13-21(24)22-16-20(23(2)3)18-10-5-4-6-11-18/h4-7,9-12,15,20H,8,13-14,16H2,1-3H3,(H,22,24). The molecule has 25 heavy (non-hydrogen) atoms. The number of benzene rings is 2. The van der Waals surface area contributed by atoms with Crippen LogP contribution in [0.3, 0.4) is 0 Å². The van der Waals surface area contributed by atoms with Crippen molar-refractivity contribution in [1.29, 1.82) is 0 Å². The third-order valence-corrected chi connectivity index (χ3v) is 4.11. The van der Waals surface area contributed by atoms with Crippen molar-refractivity contribution in [1.82, 2.24) is 10.2 Å². The van der Waals surface area contributed by atoms with Crippen LogP contribution in [0.1, 0.15) is 30.0 Å². The molecule has 0 spiro atoms. The Labute approximate surface area is 150 Å². The van der Waals surface area contributed by atoms with Crippen molar-refractivity contribution in [2.45, 2.75) is 25.8 Å². The van der Waals surface area contributed by atoms with Gasteiger partial charge < -0.3 is 15.0 Å². The van der Waals surface area contributed by atoms with E-state index in [1.54, 1.807) is 0 Å². The molecule has 1 unspecified atom stereocenters. The van der Waals surface area contributed by atoms with Crippen molar-refractivity contribution in [2.24, 2.45) is 0 Å². The zero-order chi connectivity index (χ0) is 18.1. The van der Waals surface area contributed by atoms with Gasteiger partial charge in [-0.25, -0.2) is 0 Å². The van der Waals surface area contributed by atoms with Crippen LogP contribution in [0.15, 0.2) is 54.6 Å². The fourth-order valence-electron chi connectivity index (χ4n) is 2.70. The summed E-state index contributed by atoms with van der Waals surface area (Å²) in [5.41, 5.74) is 2.38. The fourth-order valence-corrected chi connectivity index (χ4v) is 2.70. The molecule has 2 aromatic carbocycles. The molecule has 0 saturated heterocycles. The Balaban J connectivity index is 1.70. The van der Waals surface area contributed by atoms with Gasteiger partial charge in [0.1, 0.15) is 5.75 Å². The van der Waals surface area contributed by atoms with E-state index >= 15 is 0 Å². The lowest BCUT2D eigenvalue weighted by Gasteiger charge is -2.25. The van der Waals surface area contributed by atoms with Crippen LogP contribution in [0.25, 0.3) is 0 Å². The lowest BCUT2D eigenvalue weighted by molar-refractivity contribution is -0.121. The maximum absolute atomic E-state index is 12.1. The quantitative estimate of drug-likeness (QED) is 0.710. The molecular weight excluding hydrogens is 312 g/mol. The van der Waals surface area contributed by atoms with Gasteiger partial charge in [0.15, 0.2) is 0 Å². The van der Waals surface area contributed by atoms with E-state index in [4.69, 9.17) is 4.74 Å². The highest BCUT2D eigenvalue weighted by molar-refractivity contribution is 5.75. The second kappa shape index (κ2) is 9.84. The molecule has 1 amide bonds. The zero-order valence-electron chi connectivity index (χ0n) is 15.4. The van der Waals surface area contributed by atoms with Crippen molar-refractivity contribution in [3.8, 4) is 5.75 Å². The zero-order valence-corrected chi connectivity index (χ0v) is 15.4. The van der Waals surface area contributed by atoms with E-state index in [2.05, 4.69) is 22.3 Å². The Morgan fingerprint density at radius 1 is 1.12 bits per heavy atom. The summed E-state index contributed by atoms with van der Waals surface area (Å²) in [7, 11) is 4.05. The second-order valence-electron chi connectivity index (χ2n) is 6.46. The fraction of sp³-hybridized carbons (Fsp3) is 0.381. The van der Waals surface area contributed by atoms with Crippen LogP contribution < -0.4 is 10.1 Å². The van der Waals surface area contributed by atoms with Gasteiger partial charge in [-0.2, -0.15) is 0 Å². The minimum atomic E-state index is 0.0654. The van der Waals surface area contributed by atoms with Crippen LogP contribution >= 0.6 is 0 Å². The Hall–Kier alpha value is -2.33. The lowest BCUT2D eigenvalue weighted by atomic mass is 10.1. The Morgan fingerprint density at radius 2 is 1.88 bits per heavy atom. The third kappa shape index (κ3) is 6.59. The number of amides is 1. The summed E-state index contributed by atoms with van der Waals surface area (Å²) in [6, 6.07) is 18.4. The molecule has 0 aromatic heterocycles. The summed E-state index contributed by atoms with van der Waals surface area (Å²) in [6.07, 6.45) is 1.18. The summed E-state index contributed by atoms with van der Waals surface area (Å²) in [4.78, 5) is 14.2. The second-order valence-corrected chi connectivity index (χ2v) is 6.46. The molecule has 1 atom stereocenters. The molecule has 0 aliphatic heterocycles. The van der Waals surface area contributed by atoms with Crippen LogP contribution in [-0.2, 0) is 4.79 Å². The highest BCUT2D eigenvalue weighted by atomic mass is 16.5. The lowest BCUT2D eigenvalue weighted by Crippen LogP contribution is -2.34. The highest BCUT2D eigenvalue weighted by Crippen LogP contribution is 2.17. The van der Waals surface area contributed by atoms with Crippen LogP contribution in [0.4, 0.5) is 0 Å². The van der Waals surface area contributed by atoms with Gasteiger partial charge in [0.2, 0.25) is 5.91 Å². The van der Waals surface area contributed by atoms with E-state index in [1.807, 2.05) is 63.5 Å². The van der Waals surface area contributed by atoms with Crippen molar-refractivity contribution >= 4 is 5.91 Å². The number of carbonyl (C=O) groups is 1. The molecule has 0 heterocycles. The van der Waals surface area contributed by atoms with Gasteiger partial charge in [0.25, 0.3) is 0 Å². The van der Waals surface area contributed by atoms with Crippen LogP contribution in [0.5, 0.6) is 5.75 Å². The Morgan fingerprint density at radius 3 is 2.56 bits per heavy atom. The maximum atomic E-state index is 12.1. The summed E-state index contributed by atoms with van der Waals surface area (Å²) in [5.74, 6) is 0.924. The molecule has 0 fully saturated rings. The third-order valence-electron chi connectivity index (χ3n) is 4.11. The topological polar surface area (TPSA) is 41.6 Å². The predicted molar refractivity (Wildman–Crippen MR) is 102 cm³/mol. The van der Waals surface area contributed by atoms with Gasteiger partial charge in [-0.15, -0.1) is 0 Å². The van der Waals surface area contributed by atoms with Gasteiger partial charge in [-0.1, -0.05) is 42.5 Å². The molecule has 0 aliphatic rings. The number of aryl methyl sites for hydroxylation is 1. The molecule has 1 N–H and O–H groups in total. The van der Waals surface area contributed by atoms with Crippen molar-refractivity contribution in [3.05, 3.63) is 65.7 Å². The Bertz CT molecular complexity index is 656. The van der Waals surface area contributed by atoms with E-state index in [1.165, 1.54) is 11.1 Å². The van der Waals surface area contributed by atoms with Gasteiger partial charge in [0, 0.05) is 13.0 Å². The number of carbonyl (C=O) groups excluding carboxylic acids is 1. The van der Waals surface area contributed by atoms with Gasteiger partial charge >= 0.3 is 0 Å². The molecule has 0 saturated carbocycles. The highest BCUT2D eigenvalue weighted by Gasteiger charge is 2.14. The van der Waals surface area contributed by atoms with E-state index in [0.717, 1.165) is 5.75 Å². The largest absolute Gasteiger partial charge is 0.494 e. The first-order chi connectivity index (χ1) is 12.1. The molecule has 2 rings (SSSR count). The minimum Gasteiger partial charge on any atom is -0.494 e. The van der Waals surface area contributed by atoms with Crippen molar-refractivity contribution < 1.29 is 9.53 Å². The van der Waals surface area contributed by atoms with Crippen molar-refractivity contribution in [3.63, 3.8) is 0 Å². The summed E-state index contributed by atoms with van der Waals surface area (Å²) in [5, 5.41) is 3.03. The first kappa shape index (κ1) is 19.0. The minimum absolute atomic E-state index is 0.0654. The van der Waals surface area contributed by atoms with Crippen LogP contribution in [0, 0.1) is 6.92 Å². The van der Waals surface area contributed by atoms with Gasteiger partial charge in [-0.3, -0.25) is 4.79 Å². The maximum Gasteiger partial charge on any atom is 0.220 e. The summed E-state index contributed by atoms with van der Waals surface area (Å²) < 4.78 is 5.68. The molecular formula is C21H28N2O2. The molecule has 134 valence electrons. The average Bonchev–Trinajstić information content (AvgIpc) is 2.60. The van der Waals surface area contributed by atoms with Crippen LogP contribution in [-0.4, -0.2) is 38.1 Å². The number of hydrogen-bond acceptors (Lipinski definition) is 3. The van der Waals surface area contributed by atoms with Crippen molar-refractivity contribution in [2.75, 3.05) is 27.2 Å². The number of rotatable bonds is 9. The normalized spacial score (nSPS) is 12.0. The summed E-state index contributed by atoms with van der Waals surface area (Å²) in [6.45, 7) is 3.19. The average molecular weight is 340 g/mol. The molecule has 2 aromatic rings. The number of ether oxygens (including phenoxy) is 1. The molecule has 0 bridgehead atoms. The monoisotopic (exact) mass is 340 g/mol. The SMILES string of the molecule is Cc1cccc(OCCCC(=O)NCC(c2ccccc2)N(C)C)c1. The number of nitrogens with zero attached hydrogens (tertiary/aromatic N) is 1. The van der Waals surface area contributed by atoms with Crippen LogP contribution in [0.2, 0.25) is 0 Å². The molecule has 4 nitrogen and oxygen atoms in total. The number of hydrogen-bond donors (Lipinski definition) is 1. The molecule has 0 aliphatic carbocycles. The first-order valence-electron chi connectivity index (χ1n) is 8.74. The van der Waals surface area contributed by atoms with Gasteiger partial charge in [0.05, 0.1) is 12.6 Å². The molecule has 0 radical (unpaired) electrons. The molecule has 4 heteroatoms. The van der Waals surface area contributed by atoms with E-state index in [9.17, 15) is 4.79 Å². The first-order valence-corrected chi connectivity index (χ1v) is 8.74. The Kier molecular flexibility index (Phi) is 7.48. The predicted octanol–water partition coefficient (Wildman–Crippen LogP) is 3.57. The van der Waals surface area contributed by atoms with E-state index in [0.29, 0.717) is 26.0 Å². The smallest absolute Gasteiger partial charge is 0.220 e. The van der Waals surface area contributed by atoms with Gasteiger partial charge in [-0.05, 0) is 50.7 Å².